The summed E-state index contributed by atoms with van der Waals surface area (Å²) in [6, 6.07) is 3.66. The van der Waals surface area contributed by atoms with Crippen molar-refractivity contribution in [3.8, 4) is 11.5 Å². The van der Waals surface area contributed by atoms with Crippen molar-refractivity contribution in [3.05, 3.63) is 28.3 Å². The highest BCUT2D eigenvalue weighted by Crippen LogP contribution is 2.29. The van der Waals surface area contributed by atoms with Crippen molar-refractivity contribution in [1.29, 1.82) is 0 Å². The minimum absolute atomic E-state index is 0.174. The highest BCUT2D eigenvalue weighted by molar-refractivity contribution is 5.47. The van der Waals surface area contributed by atoms with E-state index in [-0.39, 0.29) is 23.8 Å². The molecule has 0 unspecified atom stereocenters. The molecule has 0 spiro atoms. The summed E-state index contributed by atoms with van der Waals surface area (Å²) >= 11 is 0. The van der Waals surface area contributed by atoms with E-state index in [4.69, 9.17) is 9.47 Å². The fraction of sp³-hybridized carbons (Fsp3) is 0.333. The summed E-state index contributed by atoms with van der Waals surface area (Å²) in [5.41, 5.74) is -0.174. The lowest BCUT2D eigenvalue weighted by Crippen LogP contribution is -2.04. The Morgan fingerprint density at radius 3 is 2.73 bits per heavy atom. The SMILES string of the molecule is COCCOc1ccc([N+](=O)[O-])cc1O. The lowest BCUT2D eigenvalue weighted by atomic mass is 10.3. The molecule has 0 amide bonds. The van der Waals surface area contributed by atoms with Crippen LogP contribution in [0.4, 0.5) is 5.69 Å². The number of ether oxygens (including phenoxy) is 2. The van der Waals surface area contributed by atoms with E-state index in [1.165, 1.54) is 19.2 Å². The van der Waals surface area contributed by atoms with Crippen LogP contribution in [0.25, 0.3) is 0 Å². The number of aromatic hydroxyl groups is 1. The van der Waals surface area contributed by atoms with Crippen LogP contribution >= 0.6 is 0 Å². The smallest absolute Gasteiger partial charge is 0.273 e. The van der Waals surface area contributed by atoms with Crippen molar-refractivity contribution in [2.24, 2.45) is 0 Å². The van der Waals surface area contributed by atoms with Crippen molar-refractivity contribution in [2.75, 3.05) is 20.3 Å². The molecule has 0 aliphatic carbocycles. The Morgan fingerprint density at radius 2 is 2.20 bits per heavy atom. The first-order chi connectivity index (χ1) is 7.15. The first-order valence-corrected chi connectivity index (χ1v) is 4.24. The molecular formula is C9H11NO5. The van der Waals surface area contributed by atoms with E-state index in [1.54, 1.807) is 0 Å². The second-order valence-corrected chi connectivity index (χ2v) is 2.75. The van der Waals surface area contributed by atoms with Gasteiger partial charge in [0, 0.05) is 13.2 Å². The highest BCUT2D eigenvalue weighted by Gasteiger charge is 2.10. The van der Waals surface area contributed by atoms with E-state index in [0.29, 0.717) is 6.61 Å². The zero-order valence-electron chi connectivity index (χ0n) is 8.17. The Hall–Kier alpha value is -1.82. The Bertz CT molecular complexity index is 352. The van der Waals surface area contributed by atoms with Crippen molar-refractivity contribution in [3.63, 3.8) is 0 Å². The molecule has 0 aliphatic rings. The number of benzene rings is 1. The van der Waals surface area contributed by atoms with Crippen LogP contribution in [0.15, 0.2) is 18.2 Å². The lowest BCUT2D eigenvalue weighted by Gasteiger charge is -2.06. The molecule has 1 N–H and O–H groups in total. The molecule has 6 heteroatoms. The summed E-state index contributed by atoms with van der Waals surface area (Å²) in [7, 11) is 1.53. The van der Waals surface area contributed by atoms with Gasteiger partial charge < -0.3 is 14.6 Å². The van der Waals surface area contributed by atoms with E-state index in [2.05, 4.69) is 0 Å². The molecule has 1 aromatic rings. The van der Waals surface area contributed by atoms with E-state index in [0.717, 1.165) is 6.07 Å². The molecule has 0 fully saturated rings. The highest BCUT2D eigenvalue weighted by atomic mass is 16.6. The molecule has 0 heterocycles. The van der Waals surface area contributed by atoms with E-state index >= 15 is 0 Å². The van der Waals surface area contributed by atoms with Crippen molar-refractivity contribution < 1.29 is 19.5 Å². The molecule has 0 aliphatic heterocycles. The van der Waals surface area contributed by atoms with Gasteiger partial charge in [-0.25, -0.2) is 0 Å². The number of rotatable bonds is 5. The zero-order valence-corrected chi connectivity index (χ0v) is 8.17. The maximum atomic E-state index is 10.4. The van der Waals surface area contributed by atoms with Crippen LogP contribution in [-0.4, -0.2) is 30.4 Å². The summed E-state index contributed by atoms with van der Waals surface area (Å²) in [6.45, 7) is 0.665. The molecule has 6 nitrogen and oxygen atoms in total. The summed E-state index contributed by atoms with van der Waals surface area (Å²) in [5.74, 6) is -0.0436. The van der Waals surface area contributed by atoms with Gasteiger partial charge in [-0.2, -0.15) is 0 Å². The van der Waals surface area contributed by atoms with Gasteiger partial charge in [0.1, 0.15) is 6.61 Å². The molecule has 0 aromatic heterocycles. The maximum absolute atomic E-state index is 10.4. The Balaban J connectivity index is 2.70. The summed E-state index contributed by atoms with van der Waals surface area (Å²) in [6.07, 6.45) is 0. The number of nitro groups is 1. The number of hydrogen-bond acceptors (Lipinski definition) is 5. The van der Waals surface area contributed by atoms with Gasteiger partial charge in [0.2, 0.25) is 0 Å². The molecule has 0 saturated carbocycles. The van der Waals surface area contributed by atoms with E-state index < -0.39 is 4.92 Å². The number of nitrogens with zero attached hydrogens (tertiary/aromatic N) is 1. The van der Waals surface area contributed by atoms with Gasteiger partial charge in [-0.1, -0.05) is 0 Å². The number of hydrogen-bond donors (Lipinski definition) is 1. The summed E-state index contributed by atoms with van der Waals surface area (Å²) in [4.78, 5) is 9.77. The predicted octanol–water partition coefficient (Wildman–Crippen LogP) is 1.33. The normalized spacial score (nSPS) is 9.93. The fourth-order valence-electron chi connectivity index (χ4n) is 0.976. The maximum Gasteiger partial charge on any atom is 0.273 e. The standard InChI is InChI=1S/C9H11NO5/c1-14-4-5-15-9-3-2-7(10(12)13)6-8(9)11/h2-3,6,11H,4-5H2,1H3. The monoisotopic (exact) mass is 213 g/mol. The first-order valence-electron chi connectivity index (χ1n) is 4.24. The minimum Gasteiger partial charge on any atom is -0.504 e. The summed E-state index contributed by atoms with van der Waals surface area (Å²) < 4.78 is 9.86. The van der Waals surface area contributed by atoms with Crippen LogP contribution < -0.4 is 4.74 Å². The van der Waals surface area contributed by atoms with Crippen LogP contribution in [-0.2, 0) is 4.74 Å². The Labute approximate surface area is 86.2 Å². The minimum atomic E-state index is -0.585. The molecule has 0 radical (unpaired) electrons. The van der Waals surface area contributed by atoms with Crippen LogP contribution in [0.1, 0.15) is 0 Å². The molecule has 82 valence electrons. The van der Waals surface area contributed by atoms with Gasteiger partial charge in [-0.15, -0.1) is 0 Å². The average molecular weight is 213 g/mol. The molecule has 0 saturated heterocycles. The van der Waals surface area contributed by atoms with Crippen molar-refractivity contribution in [1.82, 2.24) is 0 Å². The molecule has 1 rings (SSSR count). The molecular weight excluding hydrogens is 202 g/mol. The largest absolute Gasteiger partial charge is 0.504 e. The number of non-ortho nitro benzene ring substituents is 1. The fourth-order valence-corrected chi connectivity index (χ4v) is 0.976. The molecule has 1 aromatic carbocycles. The van der Waals surface area contributed by atoms with Gasteiger partial charge in [-0.3, -0.25) is 10.1 Å². The Morgan fingerprint density at radius 1 is 1.47 bits per heavy atom. The van der Waals surface area contributed by atoms with Gasteiger partial charge in [0.15, 0.2) is 11.5 Å². The van der Waals surface area contributed by atoms with Crippen LogP contribution in [0.5, 0.6) is 11.5 Å². The Kier molecular flexibility index (Phi) is 3.87. The topological polar surface area (TPSA) is 81.8 Å². The molecule has 0 bridgehead atoms. The molecule has 15 heavy (non-hydrogen) atoms. The van der Waals surface area contributed by atoms with Crippen LogP contribution in [0.2, 0.25) is 0 Å². The van der Waals surface area contributed by atoms with Gasteiger partial charge in [0.05, 0.1) is 17.6 Å². The van der Waals surface area contributed by atoms with Gasteiger partial charge in [-0.05, 0) is 6.07 Å². The second kappa shape index (κ2) is 5.16. The number of nitro benzene ring substituents is 1. The van der Waals surface area contributed by atoms with E-state index in [9.17, 15) is 15.2 Å². The average Bonchev–Trinajstić information content (AvgIpc) is 2.20. The lowest BCUT2D eigenvalue weighted by molar-refractivity contribution is -0.385. The zero-order chi connectivity index (χ0) is 11.3. The number of phenolic OH excluding ortho intramolecular Hbond substituents is 1. The third-order valence-corrected chi connectivity index (χ3v) is 1.70. The second-order valence-electron chi connectivity index (χ2n) is 2.75. The van der Waals surface area contributed by atoms with E-state index in [1.807, 2.05) is 0 Å². The third kappa shape index (κ3) is 3.10. The number of phenols is 1. The summed E-state index contributed by atoms with van der Waals surface area (Å²) in [5, 5.41) is 19.7. The van der Waals surface area contributed by atoms with Crippen molar-refractivity contribution >= 4 is 5.69 Å². The predicted molar refractivity (Wildman–Crippen MR) is 52.1 cm³/mol. The van der Waals surface area contributed by atoms with Crippen LogP contribution in [0.3, 0.4) is 0 Å². The van der Waals surface area contributed by atoms with Gasteiger partial charge in [0.25, 0.3) is 5.69 Å². The van der Waals surface area contributed by atoms with Crippen LogP contribution in [0, 0.1) is 10.1 Å². The molecule has 0 atom stereocenters. The number of methoxy groups -OCH3 is 1. The van der Waals surface area contributed by atoms with Gasteiger partial charge >= 0.3 is 0 Å². The first kappa shape index (κ1) is 11.3. The van der Waals surface area contributed by atoms with Crippen molar-refractivity contribution in [2.45, 2.75) is 0 Å². The third-order valence-electron chi connectivity index (χ3n) is 1.70. The quantitative estimate of drug-likeness (QED) is 0.453.